The summed E-state index contributed by atoms with van der Waals surface area (Å²) in [6.07, 6.45) is 3.18. The van der Waals surface area contributed by atoms with Crippen molar-refractivity contribution in [3.8, 4) is 17.2 Å². The number of ether oxygens (including phenoxy) is 3. The summed E-state index contributed by atoms with van der Waals surface area (Å²) in [4.78, 5) is 4.37. The highest BCUT2D eigenvalue weighted by atomic mass is 127. The molecule has 1 fully saturated rings. The molecule has 0 radical (unpaired) electrons. The SMILES string of the molecule is CN=C(NCC1(c2ccccc2OC)CC1)Nc1ccc2c(c1)OCCCO2.I. The fourth-order valence-corrected chi connectivity index (χ4v) is 3.58. The Labute approximate surface area is 189 Å². The van der Waals surface area contributed by atoms with E-state index in [2.05, 4.69) is 27.8 Å². The van der Waals surface area contributed by atoms with Crippen LogP contribution in [0.3, 0.4) is 0 Å². The van der Waals surface area contributed by atoms with Gasteiger partial charge in [-0.05, 0) is 31.0 Å². The van der Waals surface area contributed by atoms with Gasteiger partial charge in [0, 0.05) is 42.7 Å². The van der Waals surface area contributed by atoms with Crippen LogP contribution < -0.4 is 24.8 Å². The minimum atomic E-state index is 0. The van der Waals surface area contributed by atoms with Crippen LogP contribution in [-0.4, -0.2) is 39.9 Å². The highest BCUT2D eigenvalue weighted by molar-refractivity contribution is 14.0. The van der Waals surface area contributed by atoms with Gasteiger partial charge < -0.3 is 24.8 Å². The van der Waals surface area contributed by atoms with Crippen molar-refractivity contribution in [2.75, 3.05) is 39.2 Å². The lowest BCUT2D eigenvalue weighted by molar-refractivity contribution is 0.297. The molecule has 1 aliphatic carbocycles. The third-order valence-electron chi connectivity index (χ3n) is 5.36. The van der Waals surface area contributed by atoms with E-state index in [4.69, 9.17) is 14.2 Å². The number of methoxy groups -OCH3 is 1. The minimum Gasteiger partial charge on any atom is -0.496 e. The summed E-state index contributed by atoms with van der Waals surface area (Å²) in [6.45, 7) is 2.16. The lowest BCUT2D eigenvalue weighted by Crippen LogP contribution is -2.36. The molecule has 1 saturated carbocycles. The van der Waals surface area contributed by atoms with Crippen LogP contribution in [0, 0.1) is 0 Å². The van der Waals surface area contributed by atoms with E-state index in [1.807, 2.05) is 30.3 Å². The van der Waals surface area contributed by atoms with Crippen LogP contribution in [0.4, 0.5) is 5.69 Å². The summed E-state index contributed by atoms with van der Waals surface area (Å²) in [5, 5.41) is 6.83. The topological polar surface area (TPSA) is 64.1 Å². The summed E-state index contributed by atoms with van der Waals surface area (Å²) in [5.74, 6) is 3.24. The molecule has 1 aliphatic heterocycles. The van der Waals surface area contributed by atoms with Crippen molar-refractivity contribution in [2.24, 2.45) is 4.99 Å². The first-order valence-corrected chi connectivity index (χ1v) is 9.75. The highest BCUT2D eigenvalue weighted by Crippen LogP contribution is 2.50. The van der Waals surface area contributed by atoms with Gasteiger partial charge in [0.25, 0.3) is 0 Å². The van der Waals surface area contributed by atoms with Crippen LogP contribution in [-0.2, 0) is 5.41 Å². The predicted octanol–water partition coefficient (Wildman–Crippen LogP) is 4.19. The second-order valence-corrected chi connectivity index (χ2v) is 7.24. The van der Waals surface area contributed by atoms with Crippen molar-refractivity contribution >= 4 is 35.6 Å². The lowest BCUT2D eigenvalue weighted by atomic mass is 9.95. The number of halogens is 1. The Kier molecular flexibility index (Phi) is 7.10. The second-order valence-electron chi connectivity index (χ2n) is 7.24. The van der Waals surface area contributed by atoms with Gasteiger partial charge in [-0.15, -0.1) is 24.0 Å². The molecule has 2 aromatic carbocycles. The van der Waals surface area contributed by atoms with Crippen LogP contribution in [0.15, 0.2) is 47.5 Å². The average molecular weight is 509 g/mol. The first kappa shape index (κ1) is 21.5. The molecule has 0 spiro atoms. The van der Waals surface area contributed by atoms with Crippen LogP contribution in [0.1, 0.15) is 24.8 Å². The summed E-state index contributed by atoms with van der Waals surface area (Å²) >= 11 is 0. The number of guanidine groups is 1. The van der Waals surface area contributed by atoms with Crippen molar-refractivity contribution in [1.29, 1.82) is 0 Å². The molecule has 0 unspecified atom stereocenters. The quantitative estimate of drug-likeness (QED) is 0.360. The van der Waals surface area contributed by atoms with Crippen molar-refractivity contribution < 1.29 is 14.2 Å². The molecule has 29 heavy (non-hydrogen) atoms. The number of nitrogens with one attached hydrogen (secondary N) is 2. The summed E-state index contributed by atoms with van der Waals surface area (Å²) in [6, 6.07) is 14.1. The van der Waals surface area contributed by atoms with Crippen molar-refractivity contribution in [2.45, 2.75) is 24.7 Å². The van der Waals surface area contributed by atoms with E-state index in [-0.39, 0.29) is 29.4 Å². The maximum Gasteiger partial charge on any atom is 0.195 e. The third kappa shape index (κ3) is 4.88. The predicted molar refractivity (Wildman–Crippen MR) is 126 cm³/mol. The summed E-state index contributed by atoms with van der Waals surface area (Å²) < 4.78 is 17.0. The number of nitrogens with zero attached hydrogens (tertiary/aromatic N) is 1. The molecule has 2 N–H and O–H groups in total. The van der Waals surface area contributed by atoms with E-state index in [9.17, 15) is 0 Å². The zero-order valence-corrected chi connectivity index (χ0v) is 19.2. The number of rotatable bonds is 5. The number of para-hydroxylation sites is 1. The zero-order chi connectivity index (χ0) is 19.4. The van der Waals surface area contributed by atoms with Crippen molar-refractivity contribution in [1.82, 2.24) is 5.32 Å². The van der Waals surface area contributed by atoms with Crippen LogP contribution in [0.2, 0.25) is 0 Å². The summed E-state index contributed by atoms with van der Waals surface area (Å²) in [7, 11) is 3.51. The van der Waals surface area contributed by atoms with E-state index < -0.39 is 0 Å². The van der Waals surface area contributed by atoms with Gasteiger partial charge in [0.05, 0.1) is 20.3 Å². The number of benzene rings is 2. The zero-order valence-electron chi connectivity index (χ0n) is 16.9. The van der Waals surface area contributed by atoms with Gasteiger partial charge in [0.2, 0.25) is 0 Å². The molecule has 1 heterocycles. The maximum atomic E-state index is 5.77. The minimum absolute atomic E-state index is 0. The van der Waals surface area contributed by atoms with Crippen LogP contribution in [0.25, 0.3) is 0 Å². The Morgan fingerprint density at radius 2 is 1.86 bits per heavy atom. The molecule has 0 aromatic heterocycles. The number of aliphatic imine (C=N–C) groups is 1. The van der Waals surface area contributed by atoms with Gasteiger partial charge in [-0.3, -0.25) is 4.99 Å². The van der Waals surface area contributed by atoms with E-state index in [1.165, 1.54) is 5.56 Å². The smallest absolute Gasteiger partial charge is 0.195 e. The Morgan fingerprint density at radius 1 is 1.10 bits per heavy atom. The summed E-state index contributed by atoms with van der Waals surface area (Å²) in [5.41, 5.74) is 2.28. The molecular weight excluding hydrogens is 481 g/mol. The largest absolute Gasteiger partial charge is 0.496 e. The average Bonchev–Trinajstić information content (AvgIpc) is 3.55. The van der Waals surface area contributed by atoms with Gasteiger partial charge in [0.1, 0.15) is 5.75 Å². The number of anilines is 1. The van der Waals surface area contributed by atoms with E-state index in [1.54, 1.807) is 14.2 Å². The van der Waals surface area contributed by atoms with Gasteiger partial charge in [0.15, 0.2) is 17.5 Å². The van der Waals surface area contributed by atoms with Gasteiger partial charge in [-0.2, -0.15) is 0 Å². The molecule has 6 nitrogen and oxygen atoms in total. The van der Waals surface area contributed by atoms with Gasteiger partial charge >= 0.3 is 0 Å². The monoisotopic (exact) mass is 509 g/mol. The Morgan fingerprint density at radius 3 is 2.59 bits per heavy atom. The second kappa shape index (κ2) is 9.56. The molecular formula is C22H28IN3O3. The number of fused-ring (bicyclic) bond motifs is 1. The Balaban J connectivity index is 0.00000240. The maximum absolute atomic E-state index is 5.77. The van der Waals surface area contributed by atoms with Gasteiger partial charge in [-0.1, -0.05) is 18.2 Å². The molecule has 0 atom stereocenters. The molecule has 4 rings (SSSR count). The van der Waals surface area contributed by atoms with Crippen molar-refractivity contribution in [3.05, 3.63) is 48.0 Å². The molecule has 2 aliphatic rings. The first-order valence-electron chi connectivity index (χ1n) is 9.75. The normalized spacial score (nSPS) is 16.8. The molecule has 7 heteroatoms. The van der Waals surface area contributed by atoms with E-state index in [0.29, 0.717) is 13.2 Å². The van der Waals surface area contributed by atoms with Gasteiger partial charge in [-0.25, -0.2) is 0 Å². The molecule has 156 valence electrons. The first-order chi connectivity index (χ1) is 13.7. The van der Waals surface area contributed by atoms with E-state index in [0.717, 1.165) is 54.7 Å². The van der Waals surface area contributed by atoms with Crippen molar-refractivity contribution in [3.63, 3.8) is 0 Å². The number of hydrogen-bond donors (Lipinski definition) is 2. The fraction of sp³-hybridized carbons (Fsp3) is 0.409. The molecule has 2 aromatic rings. The molecule has 0 saturated heterocycles. The fourth-order valence-electron chi connectivity index (χ4n) is 3.58. The standard InChI is InChI=1S/C22H27N3O3.HI/c1-23-21(25-16-8-9-19-20(14-16)28-13-5-12-27-19)24-15-22(10-11-22)17-6-3-4-7-18(17)26-2;/h3-4,6-9,14H,5,10-13,15H2,1-2H3,(H2,23,24,25);1H. The third-order valence-corrected chi connectivity index (χ3v) is 5.36. The Bertz CT molecular complexity index is 868. The van der Waals surface area contributed by atoms with Crippen LogP contribution in [0.5, 0.6) is 17.2 Å². The van der Waals surface area contributed by atoms with E-state index >= 15 is 0 Å². The molecule has 0 bridgehead atoms. The highest BCUT2D eigenvalue weighted by Gasteiger charge is 2.46. The Hall–Kier alpha value is -2.16. The lowest BCUT2D eigenvalue weighted by Gasteiger charge is -2.21. The number of hydrogen-bond acceptors (Lipinski definition) is 4. The van der Waals surface area contributed by atoms with Crippen LogP contribution >= 0.6 is 24.0 Å². The molecule has 0 amide bonds.